The first-order valence-electron chi connectivity index (χ1n) is 9.19. The van der Waals surface area contributed by atoms with E-state index in [0.717, 1.165) is 5.69 Å². The lowest BCUT2D eigenvalue weighted by molar-refractivity contribution is -0.144. The molecular weight excluding hydrogens is 374 g/mol. The molecule has 2 aromatic heterocycles. The van der Waals surface area contributed by atoms with Gasteiger partial charge in [-0.2, -0.15) is 0 Å². The Bertz CT molecular complexity index is 1150. The summed E-state index contributed by atoms with van der Waals surface area (Å²) < 4.78 is 12.3. The van der Waals surface area contributed by atoms with Crippen LogP contribution in [0.1, 0.15) is 17.8 Å². The molecule has 0 radical (unpaired) electrons. The molecule has 3 heterocycles. The Balaban J connectivity index is 1.49. The first-order valence-corrected chi connectivity index (χ1v) is 9.19. The van der Waals surface area contributed by atoms with Gasteiger partial charge in [0.25, 0.3) is 5.56 Å². The Morgan fingerprint density at radius 2 is 2.00 bits per heavy atom. The van der Waals surface area contributed by atoms with Crippen molar-refractivity contribution in [1.29, 1.82) is 0 Å². The van der Waals surface area contributed by atoms with Crippen LogP contribution in [-0.2, 0) is 20.9 Å². The average Bonchev–Trinajstić information content (AvgIpc) is 2.85. The smallest absolute Gasteiger partial charge is 0.326 e. The molecule has 8 nitrogen and oxygen atoms in total. The van der Waals surface area contributed by atoms with Crippen molar-refractivity contribution in [2.75, 3.05) is 18.1 Å². The van der Waals surface area contributed by atoms with Gasteiger partial charge in [0.05, 0.1) is 24.4 Å². The van der Waals surface area contributed by atoms with E-state index in [9.17, 15) is 14.4 Å². The summed E-state index contributed by atoms with van der Waals surface area (Å²) in [6, 6.07) is 13.7. The molecule has 0 bridgehead atoms. The van der Waals surface area contributed by atoms with E-state index in [-0.39, 0.29) is 37.6 Å². The molecule has 0 aliphatic carbocycles. The number of carbonyl (C=O) groups excluding carboxylic acids is 2. The number of para-hydroxylation sites is 2. The minimum atomic E-state index is -0.596. The Morgan fingerprint density at radius 3 is 2.86 bits per heavy atom. The van der Waals surface area contributed by atoms with E-state index in [1.54, 1.807) is 36.4 Å². The van der Waals surface area contributed by atoms with E-state index >= 15 is 0 Å². The number of aryl methyl sites for hydroxylation is 1. The summed E-state index contributed by atoms with van der Waals surface area (Å²) in [5, 5.41) is 0. The van der Waals surface area contributed by atoms with Gasteiger partial charge in [0.1, 0.15) is 24.5 Å². The summed E-state index contributed by atoms with van der Waals surface area (Å²) in [7, 11) is 0. The third-order valence-corrected chi connectivity index (χ3v) is 4.63. The van der Waals surface area contributed by atoms with E-state index in [0.29, 0.717) is 22.8 Å². The second kappa shape index (κ2) is 7.75. The van der Waals surface area contributed by atoms with Gasteiger partial charge in [0.2, 0.25) is 5.91 Å². The third-order valence-electron chi connectivity index (χ3n) is 4.63. The fourth-order valence-electron chi connectivity index (χ4n) is 3.26. The fourth-order valence-corrected chi connectivity index (χ4v) is 3.26. The Morgan fingerprint density at radius 1 is 1.17 bits per heavy atom. The monoisotopic (exact) mass is 393 g/mol. The van der Waals surface area contributed by atoms with Crippen LogP contribution in [0.2, 0.25) is 0 Å². The van der Waals surface area contributed by atoms with Crippen LogP contribution in [-0.4, -0.2) is 34.4 Å². The molecule has 0 saturated carbocycles. The van der Waals surface area contributed by atoms with Gasteiger partial charge < -0.3 is 9.47 Å². The summed E-state index contributed by atoms with van der Waals surface area (Å²) in [4.78, 5) is 42.8. The number of nitrogens with zero attached hydrogens (tertiary/aromatic N) is 3. The topological polar surface area (TPSA) is 90.2 Å². The van der Waals surface area contributed by atoms with Crippen LogP contribution in [0.5, 0.6) is 5.75 Å². The molecule has 0 atom stereocenters. The highest BCUT2D eigenvalue weighted by molar-refractivity contribution is 5.99. The number of ether oxygens (including phenoxy) is 2. The molecule has 1 aliphatic heterocycles. The third kappa shape index (κ3) is 3.82. The zero-order chi connectivity index (χ0) is 20.4. The SMILES string of the molecule is Cc1cccc2nc(COC(=O)CN3C(=O)CCOc4ccccc43)cc(=O)n12. The van der Waals surface area contributed by atoms with Crippen molar-refractivity contribution in [2.24, 2.45) is 0 Å². The molecule has 0 saturated heterocycles. The van der Waals surface area contributed by atoms with Gasteiger partial charge in [-0.3, -0.25) is 23.7 Å². The quantitative estimate of drug-likeness (QED) is 0.629. The molecule has 0 unspecified atom stereocenters. The molecule has 3 aromatic rings. The minimum absolute atomic E-state index is 0.154. The van der Waals surface area contributed by atoms with Gasteiger partial charge in [-0.05, 0) is 31.2 Å². The normalized spacial score (nSPS) is 13.6. The highest BCUT2D eigenvalue weighted by Gasteiger charge is 2.25. The summed E-state index contributed by atoms with van der Waals surface area (Å²) in [6.45, 7) is 1.67. The number of pyridine rings is 1. The van der Waals surface area contributed by atoms with Gasteiger partial charge in [0, 0.05) is 11.8 Å². The van der Waals surface area contributed by atoms with Crippen LogP contribution in [0.4, 0.5) is 5.69 Å². The maximum absolute atomic E-state index is 12.4. The number of esters is 1. The van der Waals surface area contributed by atoms with Crippen LogP contribution >= 0.6 is 0 Å². The largest absolute Gasteiger partial charge is 0.491 e. The fraction of sp³-hybridized carbons (Fsp3) is 0.238. The number of rotatable bonds is 4. The van der Waals surface area contributed by atoms with E-state index in [1.807, 2.05) is 13.0 Å². The zero-order valence-corrected chi connectivity index (χ0v) is 15.8. The lowest BCUT2D eigenvalue weighted by Crippen LogP contribution is -2.36. The number of aromatic nitrogens is 2. The molecule has 1 amide bonds. The number of hydrogen-bond acceptors (Lipinski definition) is 6. The first-order chi connectivity index (χ1) is 14.0. The lowest BCUT2D eigenvalue weighted by Gasteiger charge is -2.20. The van der Waals surface area contributed by atoms with Gasteiger partial charge in [-0.15, -0.1) is 0 Å². The number of fused-ring (bicyclic) bond motifs is 2. The maximum Gasteiger partial charge on any atom is 0.326 e. The lowest BCUT2D eigenvalue weighted by atomic mass is 10.2. The van der Waals surface area contributed by atoms with Crippen molar-refractivity contribution in [1.82, 2.24) is 9.38 Å². The summed E-state index contributed by atoms with van der Waals surface area (Å²) in [5.41, 5.74) is 1.89. The Kier molecular flexibility index (Phi) is 4.99. The molecule has 1 aromatic carbocycles. The van der Waals surface area contributed by atoms with Crippen molar-refractivity contribution in [3.8, 4) is 5.75 Å². The molecule has 0 N–H and O–H groups in total. The molecule has 8 heteroatoms. The van der Waals surface area contributed by atoms with Crippen LogP contribution in [0.15, 0.2) is 53.3 Å². The van der Waals surface area contributed by atoms with Gasteiger partial charge >= 0.3 is 5.97 Å². The van der Waals surface area contributed by atoms with Gasteiger partial charge in [0.15, 0.2) is 0 Å². The van der Waals surface area contributed by atoms with Gasteiger partial charge in [-0.25, -0.2) is 4.98 Å². The number of benzene rings is 1. The number of amides is 1. The number of carbonyl (C=O) groups is 2. The van der Waals surface area contributed by atoms with Crippen molar-refractivity contribution in [2.45, 2.75) is 20.0 Å². The molecule has 4 rings (SSSR count). The van der Waals surface area contributed by atoms with Crippen LogP contribution in [0.3, 0.4) is 0 Å². The highest BCUT2D eigenvalue weighted by atomic mass is 16.5. The van der Waals surface area contributed by atoms with Crippen molar-refractivity contribution in [3.05, 3.63) is 70.3 Å². The van der Waals surface area contributed by atoms with Gasteiger partial charge in [-0.1, -0.05) is 18.2 Å². The molecule has 148 valence electrons. The predicted molar refractivity (Wildman–Crippen MR) is 105 cm³/mol. The summed E-state index contributed by atoms with van der Waals surface area (Å²) in [6.07, 6.45) is 0.171. The van der Waals surface area contributed by atoms with Crippen molar-refractivity contribution >= 4 is 23.2 Å². The van der Waals surface area contributed by atoms with Crippen LogP contribution < -0.4 is 15.2 Å². The van der Waals surface area contributed by atoms with Crippen LogP contribution in [0, 0.1) is 6.92 Å². The zero-order valence-electron chi connectivity index (χ0n) is 15.8. The van der Waals surface area contributed by atoms with Crippen LogP contribution in [0.25, 0.3) is 5.65 Å². The van der Waals surface area contributed by atoms with E-state index in [4.69, 9.17) is 9.47 Å². The summed E-state index contributed by atoms with van der Waals surface area (Å²) >= 11 is 0. The maximum atomic E-state index is 12.4. The number of anilines is 1. The molecule has 29 heavy (non-hydrogen) atoms. The standard InChI is InChI=1S/C21H19N3O5/c1-14-5-4-8-18-22-15(11-20(26)24(14)18)13-29-21(27)12-23-16-6-2-3-7-17(16)28-10-9-19(23)25/h2-8,11H,9-10,12-13H2,1H3. The predicted octanol–water partition coefficient (Wildman–Crippen LogP) is 1.86. The molecule has 0 spiro atoms. The molecule has 1 aliphatic rings. The number of hydrogen-bond donors (Lipinski definition) is 0. The highest BCUT2D eigenvalue weighted by Crippen LogP contribution is 2.30. The van der Waals surface area contributed by atoms with Crippen molar-refractivity contribution < 1.29 is 19.1 Å². The molecule has 0 fully saturated rings. The first kappa shape index (κ1) is 18.7. The van der Waals surface area contributed by atoms with E-state index in [1.165, 1.54) is 15.4 Å². The van der Waals surface area contributed by atoms with E-state index < -0.39 is 5.97 Å². The molecular formula is C21H19N3O5. The summed E-state index contributed by atoms with van der Waals surface area (Å²) in [5.74, 6) is -0.267. The minimum Gasteiger partial charge on any atom is -0.491 e. The van der Waals surface area contributed by atoms with Crippen molar-refractivity contribution in [3.63, 3.8) is 0 Å². The van der Waals surface area contributed by atoms with E-state index in [2.05, 4.69) is 4.98 Å². The second-order valence-electron chi connectivity index (χ2n) is 6.65. The second-order valence-corrected chi connectivity index (χ2v) is 6.65. The average molecular weight is 393 g/mol. The Labute approximate surface area is 166 Å². The Hall–Kier alpha value is -3.68.